The third-order valence-electron chi connectivity index (χ3n) is 11.5. The van der Waals surface area contributed by atoms with Gasteiger partial charge >= 0.3 is 12.2 Å². The standard InChI is InChI=1S/C58H96N4O26/c1-47(2)54(88-57(59)65)56(64)60-48(3)55(63)61-51-6-5-50(46-86-58(66)87-53-9-7-52(8-10-53)62(67)68)49(45-51)11-12-70-15-16-72-19-20-74-23-24-76-27-28-78-31-32-80-35-36-82-39-40-84-43-44-85-42-41-83-38-37-81-34-33-79-30-29-77-26-25-75-22-21-73-18-17-71-14-13-69-4/h5-10,45,47-48,54H,11-44,46H2,1-4H3,(H2,59,65)(H,60,64)(H,61,63). The molecule has 0 heterocycles. The van der Waals surface area contributed by atoms with Gasteiger partial charge in [-0.2, -0.15) is 0 Å². The van der Waals surface area contributed by atoms with E-state index >= 15 is 0 Å². The van der Waals surface area contributed by atoms with Crippen molar-refractivity contribution < 1.29 is 119 Å². The highest BCUT2D eigenvalue weighted by Gasteiger charge is 2.28. The molecular weight excluding hydrogens is 1170 g/mol. The zero-order valence-corrected chi connectivity index (χ0v) is 51.7. The minimum absolute atomic E-state index is 0.0483. The highest BCUT2D eigenvalue weighted by molar-refractivity contribution is 5.97. The summed E-state index contributed by atoms with van der Waals surface area (Å²) in [5.74, 6) is -1.61. The third-order valence-corrected chi connectivity index (χ3v) is 11.5. The van der Waals surface area contributed by atoms with Crippen LogP contribution in [0.3, 0.4) is 0 Å². The molecule has 30 nitrogen and oxygen atoms in total. The highest BCUT2D eigenvalue weighted by Crippen LogP contribution is 2.21. The average molecular weight is 1270 g/mol. The van der Waals surface area contributed by atoms with Crippen molar-refractivity contribution >= 4 is 35.4 Å². The minimum atomic E-state index is -1.20. The highest BCUT2D eigenvalue weighted by atomic mass is 16.7. The van der Waals surface area contributed by atoms with Crippen molar-refractivity contribution in [3.8, 4) is 5.75 Å². The number of benzene rings is 2. The molecule has 0 radical (unpaired) electrons. The first-order valence-electron chi connectivity index (χ1n) is 29.4. The van der Waals surface area contributed by atoms with Crippen molar-refractivity contribution in [3.63, 3.8) is 0 Å². The molecular formula is C58H96N4O26. The van der Waals surface area contributed by atoms with Crippen molar-refractivity contribution in [2.45, 2.75) is 45.9 Å². The molecule has 0 spiro atoms. The maximum atomic E-state index is 13.1. The summed E-state index contributed by atoms with van der Waals surface area (Å²) in [4.78, 5) is 60.1. The summed E-state index contributed by atoms with van der Waals surface area (Å²) in [5.41, 5.74) is 6.54. The Hall–Kier alpha value is -5.36. The van der Waals surface area contributed by atoms with Gasteiger partial charge in [0.15, 0.2) is 6.10 Å². The largest absolute Gasteiger partial charge is 0.514 e. The number of methoxy groups -OCH3 is 1. The number of amides is 3. The molecule has 30 heteroatoms. The number of carbonyl (C=O) groups is 4. The Bertz CT molecular complexity index is 2060. The molecule has 0 bridgehead atoms. The summed E-state index contributed by atoms with van der Waals surface area (Å²) in [6.45, 7) is 19.3. The van der Waals surface area contributed by atoms with Gasteiger partial charge in [0.05, 0.1) is 223 Å². The zero-order chi connectivity index (χ0) is 63.8. The fourth-order valence-electron chi connectivity index (χ4n) is 6.93. The van der Waals surface area contributed by atoms with Gasteiger partial charge in [-0.3, -0.25) is 19.7 Å². The van der Waals surface area contributed by atoms with Crippen LogP contribution < -0.4 is 21.1 Å². The van der Waals surface area contributed by atoms with E-state index in [9.17, 15) is 29.3 Å². The van der Waals surface area contributed by atoms with E-state index in [-0.39, 0.29) is 31.3 Å². The van der Waals surface area contributed by atoms with Gasteiger partial charge in [0.1, 0.15) is 18.4 Å². The number of nitrogens with zero attached hydrogens (tertiary/aromatic N) is 1. The molecule has 3 amide bonds. The Morgan fingerprint density at radius 2 is 0.807 bits per heavy atom. The topological polar surface area (TPSA) is 346 Å². The Labute approximate surface area is 515 Å². The number of hydrogen-bond donors (Lipinski definition) is 3. The van der Waals surface area contributed by atoms with Crippen LogP contribution in [0, 0.1) is 16.0 Å². The van der Waals surface area contributed by atoms with Gasteiger partial charge in [-0.05, 0) is 54.7 Å². The molecule has 0 fully saturated rings. The molecule has 2 aromatic carbocycles. The monoisotopic (exact) mass is 1260 g/mol. The van der Waals surface area contributed by atoms with Crippen molar-refractivity contribution in [2.24, 2.45) is 11.7 Å². The van der Waals surface area contributed by atoms with E-state index in [0.717, 1.165) is 0 Å². The number of ether oxygens (including phenoxy) is 20. The second-order valence-corrected chi connectivity index (χ2v) is 18.7. The Morgan fingerprint density at radius 3 is 1.12 bits per heavy atom. The van der Waals surface area contributed by atoms with Crippen LogP contribution in [0.2, 0.25) is 0 Å². The van der Waals surface area contributed by atoms with E-state index in [2.05, 4.69) is 10.6 Å². The summed E-state index contributed by atoms with van der Waals surface area (Å²) >= 11 is 0. The van der Waals surface area contributed by atoms with Gasteiger partial charge < -0.3 is 111 Å². The summed E-state index contributed by atoms with van der Waals surface area (Å²) in [6, 6.07) is 8.79. The number of primary amides is 1. The third kappa shape index (κ3) is 45.0. The Balaban J connectivity index is 1.39. The Morgan fingerprint density at radius 1 is 0.466 bits per heavy atom. The lowest BCUT2D eigenvalue weighted by atomic mass is 10.0. The number of nitrogens with two attached hydrogens (primary N) is 1. The average Bonchev–Trinajstić information content (AvgIpc) is 3.70. The number of carbonyl (C=O) groups excluding carboxylic acids is 4. The van der Waals surface area contributed by atoms with Crippen LogP contribution in [0.15, 0.2) is 42.5 Å². The van der Waals surface area contributed by atoms with Crippen LogP contribution in [0.5, 0.6) is 5.75 Å². The molecule has 4 N–H and O–H groups in total. The predicted octanol–water partition coefficient (Wildman–Crippen LogP) is 3.33. The van der Waals surface area contributed by atoms with Gasteiger partial charge in [-0.1, -0.05) is 19.9 Å². The SMILES string of the molecule is COCCOCCOCCOCCOCCOCCOCCOCCOCCOCCOCCOCCOCCOCCOCCOCCOCCc1cc(NC(=O)C(C)NC(=O)C(OC(N)=O)C(C)C)ccc1COC(=O)Oc1ccc([N+](=O)[O-])cc1. The number of non-ortho nitro benzene ring substituents is 1. The normalized spacial score (nSPS) is 12.1. The molecule has 0 aliphatic rings. The fourth-order valence-corrected chi connectivity index (χ4v) is 6.93. The molecule has 0 aliphatic heterocycles. The van der Waals surface area contributed by atoms with Crippen LogP contribution >= 0.6 is 0 Å². The molecule has 0 aromatic heterocycles. The van der Waals surface area contributed by atoms with Crippen LogP contribution in [-0.2, 0) is 113 Å². The number of nitro benzene ring substituents is 1. The molecule has 2 aromatic rings. The molecule has 0 aliphatic carbocycles. The van der Waals surface area contributed by atoms with E-state index in [1.54, 1.807) is 39.2 Å². The summed E-state index contributed by atoms with van der Waals surface area (Å²) in [7, 11) is 1.64. The number of anilines is 1. The smallest absolute Gasteiger partial charge is 0.436 e. The second-order valence-electron chi connectivity index (χ2n) is 18.7. The summed E-state index contributed by atoms with van der Waals surface area (Å²) in [6.07, 6.45) is -3.03. The number of hydrogen-bond acceptors (Lipinski definition) is 26. The maximum Gasteiger partial charge on any atom is 0.514 e. The van der Waals surface area contributed by atoms with E-state index < -0.39 is 47.0 Å². The minimum Gasteiger partial charge on any atom is -0.436 e. The summed E-state index contributed by atoms with van der Waals surface area (Å²) in [5, 5.41) is 16.2. The maximum absolute atomic E-state index is 13.1. The first-order chi connectivity index (χ1) is 42.9. The van der Waals surface area contributed by atoms with Crippen molar-refractivity contribution in [1.82, 2.24) is 5.32 Å². The van der Waals surface area contributed by atoms with Crippen molar-refractivity contribution in [2.75, 3.05) is 230 Å². The number of rotatable bonds is 61. The predicted molar refractivity (Wildman–Crippen MR) is 315 cm³/mol. The van der Waals surface area contributed by atoms with Crippen LogP contribution in [0.1, 0.15) is 31.9 Å². The van der Waals surface area contributed by atoms with Crippen molar-refractivity contribution in [3.05, 3.63) is 63.7 Å². The zero-order valence-electron chi connectivity index (χ0n) is 51.7. The second kappa shape index (κ2) is 55.7. The molecule has 504 valence electrons. The molecule has 2 unspecified atom stereocenters. The van der Waals surface area contributed by atoms with Gasteiger partial charge in [0.2, 0.25) is 5.91 Å². The van der Waals surface area contributed by atoms with E-state index in [4.69, 9.17) is 100 Å². The summed E-state index contributed by atoms with van der Waals surface area (Å²) < 4.78 is 109. The first kappa shape index (κ1) is 78.7. The lowest BCUT2D eigenvalue weighted by Gasteiger charge is -2.22. The van der Waals surface area contributed by atoms with Crippen LogP contribution in [0.25, 0.3) is 0 Å². The van der Waals surface area contributed by atoms with Gasteiger partial charge in [-0.25, -0.2) is 9.59 Å². The van der Waals surface area contributed by atoms with Crippen LogP contribution in [0.4, 0.5) is 21.0 Å². The number of nitrogens with one attached hydrogen (secondary N) is 2. The van der Waals surface area contributed by atoms with Gasteiger partial charge in [0.25, 0.3) is 11.6 Å². The van der Waals surface area contributed by atoms with Gasteiger partial charge in [-0.15, -0.1) is 0 Å². The lowest BCUT2D eigenvalue weighted by molar-refractivity contribution is -0.384. The van der Waals surface area contributed by atoms with E-state index in [1.165, 1.54) is 31.2 Å². The molecule has 2 rings (SSSR count). The Kier molecular flexibility index (Phi) is 49.8. The molecule has 2 atom stereocenters. The quantitative estimate of drug-likeness (QED) is 0.0281. The lowest BCUT2D eigenvalue weighted by Crippen LogP contribution is -2.49. The van der Waals surface area contributed by atoms with E-state index in [1.807, 2.05) is 0 Å². The molecule has 88 heavy (non-hydrogen) atoms. The molecule has 0 saturated carbocycles. The van der Waals surface area contributed by atoms with E-state index in [0.29, 0.717) is 228 Å². The fraction of sp³-hybridized carbons (Fsp3) is 0.724. The molecule has 0 saturated heterocycles. The van der Waals surface area contributed by atoms with Crippen molar-refractivity contribution in [1.29, 1.82) is 0 Å². The van der Waals surface area contributed by atoms with Crippen LogP contribution in [-0.4, -0.2) is 266 Å². The number of nitro groups is 1. The van der Waals surface area contributed by atoms with Gasteiger partial charge in [0, 0.05) is 24.9 Å². The first-order valence-corrected chi connectivity index (χ1v) is 29.4.